The molecule has 0 amide bonds. The average Bonchev–Trinajstić information content (AvgIpc) is 2.56. The minimum absolute atomic E-state index is 0.102. The van der Waals surface area contributed by atoms with Crippen LogP contribution >= 0.6 is 43.2 Å². The van der Waals surface area contributed by atoms with Crippen molar-refractivity contribution in [3.05, 3.63) is 33.1 Å². The van der Waals surface area contributed by atoms with Gasteiger partial charge in [-0.15, -0.1) is 11.3 Å². The molecule has 1 N–H and O–H groups in total. The van der Waals surface area contributed by atoms with Crippen LogP contribution in [0.4, 0.5) is 0 Å². The van der Waals surface area contributed by atoms with Gasteiger partial charge in [-0.25, -0.2) is 0 Å². The molecule has 74 valence electrons. The number of aliphatic hydroxyl groups excluding tert-OH is 1. The van der Waals surface area contributed by atoms with Crippen molar-refractivity contribution < 1.29 is 5.11 Å². The van der Waals surface area contributed by atoms with E-state index in [0.717, 1.165) is 20.2 Å². The Balaban J connectivity index is 2.75. The fourth-order valence-corrected chi connectivity index (χ4v) is 3.67. The quantitative estimate of drug-likeness (QED) is 0.821. The molecule has 0 saturated carbocycles. The second-order valence-corrected chi connectivity index (χ2v) is 5.96. The molecule has 0 aliphatic rings. The molecule has 0 spiro atoms. The van der Waals surface area contributed by atoms with Crippen molar-refractivity contribution in [1.29, 1.82) is 0 Å². The van der Waals surface area contributed by atoms with E-state index < -0.39 is 0 Å². The predicted molar refractivity (Wildman–Crippen MR) is 68.1 cm³/mol. The number of hydrogen-bond donors (Lipinski definition) is 1. The molecule has 0 saturated heterocycles. The van der Waals surface area contributed by atoms with E-state index in [1.165, 1.54) is 10.1 Å². The second kappa shape index (κ2) is 4.31. The largest absolute Gasteiger partial charge is 0.392 e. The van der Waals surface area contributed by atoms with Gasteiger partial charge in [-0.05, 0) is 38.5 Å². The van der Waals surface area contributed by atoms with Crippen molar-refractivity contribution in [3.8, 4) is 0 Å². The van der Waals surface area contributed by atoms with Crippen LogP contribution in [0.2, 0.25) is 0 Å². The van der Waals surface area contributed by atoms with Crippen LogP contribution in [-0.2, 0) is 11.9 Å². The molecule has 2 aromatic rings. The van der Waals surface area contributed by atoms with E-state index in [1.54, 1.807) is 11.3 Å². The summed E-state index contributed by atoms with van der Waals surface area (Å²) in [5, 5.41) is 11.3. The molecular formula is C10H8Br2OS. The summed E-state index contributed by atoms with van der Waals surface area (Å²) >= 11 is 8.55. The molecule has 14 heavy (non-hydrogen) atoms. The summed E-state index contributed by atoms with van der Waals surface area (Å²) in [6.07, 6.45) is 0. The molecule has 0 unspecified atom stereocenters. The number of aliphatic hydroxyl groups is 1. The van der Waals surface area contributed by atoms with E-state index in [1.807, 2.05) is 0 Å². The lowest BCUT2D eigenvalue weighted by Gasteiger charge is -2.04. The maximum Gasteiger partial charge on any atom is 0.0711 e. The molecule has 2 rings (SSSR count). The average molecular weight is 336 g/mol. The van der Waals surface area contributed by atoms with Gasteiger partial charge in [0.05, 0.1) is 10.4 Å². The normalized spacial score (nSPS) is 11.1. The first-order valence-electron chi connectivity index (χ1n) is 4.13. The monoisotopic (exact) mass is 334 g/mol. The predicted octanol–water partition coefficient (Wildman–Crippen LogP) is 4.05. The van der Waals surface area contributed by atoms with Gasteiger partial charge in [0, 0.05) is 10.0 Å². The van der Waals surface area contributed by atoms with Crippen LogP contribution in [0.1, 0.15) is 11.1 Å². The summed E-state index contributed by atoms with van der Waals surface area (Å²) in [5.41, 5.74) is 2.20. The molecule has 0 radical (unpaired) electrons. The van der Waals surface area contributed by atoms with Crippen LogP contribution in [-0.4, -0.2) is 5.11 Å². The number of benzene rings is 1. The van der Waals surface area contributed by atoms with E-state index in [-0.39, 0.29) is 6.61 Å². The van der Waals surface area contributed by atoms with Crippen molar-refractivity contribution in [2.45, 2.75) is 11.9 Å². The van der Waals surface area contributed by atoms with Crippen molar-refractivity contribution >= 4 is 53.3 Å². The topological polar surface area (TPSA) is 20.2 Å². The maximum absolute atomic E-state index is 9.33. The lowest BCUT2D eigenvalue weighted by molar-refractivity contribution is 0.282. The lowest BCUT2D eigenvalue weighted by atomic mass is 10.1. The fraction of sp³-hybridized carbons (Fsp3) is 0.200. The Hall–Kier alpha value is 0.1000. The molecule has 0 atom stereocenters. The third kappa shape index (κ3) is 1.76. The Labute approximate surface area is 103 Å². The Morgan fingerprint density at radius 3 is 2.79 bits per heavy atom. The molecular weight excluding hydrogens is 328 g/mol. The van der Waals surface area contributed by atoms with Gasteiger partial charge in [-0.3, -0.25) is 0 Å². The number of alkyl halides is 1. The Morgan fingerprint density at radius 1 is 1.36 bits per heavy atom. The third-order valence-electron chi connectivity index (χ3n) is 2.16. The molecule has 1 aromatic heterocycles. The summed E-state index contributed by atoms with van der Waals surface area (Å²) in [6.45, 7) is 0.102. The number of hydrogen-bond acceptors (Lipinski definition) is 2. The SMILES string of the molecule is OCc1c(CBr)ccc2cc(Br)sc12. The van der Waals surface area contributed by atoms with Crippen LogP contribution in [0.15, 0.2) is 22.0 Å². The van der Waals surface area contributed by atoms with Crippen molar-refractivity contribution in [2.75, 3.05) is 0 Å². The van der Waals surface area contributed by atoms with Gasteiger partial charge < -0.3 is 5.11 Å². The number of rotatable bonds is 2. The van der Waals surface area contributed by atoms with E-state index in [2.05, 4.69) is 50.1 Å². The standard InChI is InChI=1S/C10H8Br2OS/c11-4-7-2-1-6-3-9(12)14-10(6)8(7)5-13/h1-3,13H,4-5H2. The number of thiophene rings is 1. The van der Waals surface area contributed by atoms with E-state index in [9.17, 15) is 5.11 Å². The highest BCUT2D eigenvalue weighted by atomic mass is 79.9. The van der Waals surface area contributed by atoms with Crippen molar-refractivity contribution in [3.63, 3.8) is 0 Å². The van der Waals surface area contributed by atoms with Gasteiger partial charge in [-0.1, -0.05) is 28.1 Å². The Morgan fingerprint density at radius 2 is 2.14 bits per heavy atom. The second-order valence-electron chi connectivity index (χ2n) is 2.96. The zero-order valence-corrected chi connectivity index (χ0v) is 11.2. The van der Waals surface area contributed by atoms with Gasteiger partial charge >= 0.3 is 0 Å². The zero-order chi connectivity index (χ0) is 10.1. The van der Waals surface area contributed by atoms with Gasteiger partial charge in [0.15, 0.2) is 0 Å². The van der Waals surface area contributed by atoms with Crippen molar-refractivity contribution in [1.82, 2.24) is 0 Å². The molecule has 0 bridgehead atoms. The third-order valence-corrected chi connectivity index (χ3v) is 4.48. The van der Waals surface area contributed by atoms with Crippen molar-refractivity contribution in [2.24, 2.45) is 0 Å². The fourth-order valence-electron chi connectivity index (χ4n) is 1.47. The van der Waals surface area contributed by atoms with Gasteiger partial charge in [0.2, 0.25) is 0 Å². The Kier molecular flexibility index (Phi) is 3.27. The summed E-state index contributed by atoms with van der Waals surface area (Å²) in [6, 6.07) is 6.23. The molecule has 0 aliphatic carbocycles. The zero-order valence-electron chi connectivity index (χ0n) is 7.26. The molecule has 0 aliphatic heterocycles. The number of halogens is 2. The highest BCUT2D eigenvalue weighted by molar-refractivity contribution is 9.11. The molecule has 1 nitrogen and oxygen atoms in total. The van der Waals surface area contributed by atoms with Gasteiger partial charge in [-0.2, -0.15) is 0 Å². The van der Waals surface area contributed by atoms with Gasteiger partial charge in [0.1, 0.15) is 0 Å². The van der Waals surface area contributed by atoms with Crippen LogP contribution in [0, 0.1) is 0 Å². The first-order chi connectivity index (χ1) is 6.76. The first kappa shape index (κ1) is 10.6. The smallest absolute Gasteiger partial charge is 0.0711 e. The first-order valence-corrected chi connectivity index (χ1v) is 6.86. The minimum Gasteiger partial charge on any atom is -0.392 e. The lowest BCUT2D eigenvalue weighted by Crippen LogP contribution is -1.90. The van der Waals surface area contributed by atoms with E-state index in [0.29, 0.717) is 0 Å². The molecule has 0 fully saturated rings. The molecule has 1 heterocycles. The maximum atomic E-state index is 9.33. The molecule has 1 aromatic carbocycles. The summed E-state index contributed by atoms with van der Waals surface area (Å²) in [7, 11) is 0. The van der Waals surface area contributed by atoms with Crippen LogP contribution in [0.5, 0.6) is 0 Å². The Bertz CT molecular complexity index is 464. The molecule has 4 heteroatoms. The number of fused-ring (bicyclic) bond motifs is 1. The van der Waals surface area contributed by atoms with Crippen LogP contribution in [0.25, 0.3) is 10.1 Å². The van der Waals surface area contributed by atoms with Crippen LogP contribution < -0.4 is 0 Å². The van der Waals surface area contributed by atoms with E-state index in [4.69, 9.17) is 0 Å². The van der Waals surface area contributed by atoms with E-state index >= 15 is 0 Å². The summed E-state index contributed by atoms with van der Waals surface area (Å²) in [5.74, 6) is 0. The highest BCUT2D eigenvalue weighted by Crippen LogP contribution is 2.34. The van der Waals surface area contributed by atoms with Gasteiger partial charge in [0.25, 0.3) is 0 Å². The summed E-state index contributed by atoms with van der Waals surface area (Å²) in [4.78, 5) is 0. The van der Waals surface area contributed by atoms with Crippen LogP contribution in [0.3, 0.4) is 0 Å². The highest BCUT2D eigenvalue weighted by Gasteiger charge is 2.08. The summed E-state index contributed by atoms with van der Waals surface area (Å²) < 4.78 is 2.28. The minimum atomic E-state index is 0.102.